The molecule has 1 aromatic rings. The summed E-state index contributed by atoms with van der Waals surface area (Å²) in [6.07, 6.45) is 5.26. The zero-order valence-corrected chi connectivity index (χ0v) is 12.6. The first-order valence-corrected chi connectivity index (χ1v) is 8.03. The van der Waals surface area contributed by atoms with Gasteiger partial charge in [-0.3, -0.25) is 4.90 Å². The molecule has 3 rings (SSSR count). The molecular formula is C17H27N3. The fraction of sp³-hybridized carbons (Fsp3) is 0.647. The van der Waals surface area contributed by atoms with Crippen molar-refractivity contribution < 1.29 is 0 Å². The number of piperidine rings is 1. The predicted molar refractivity (Wildman–Crippen MR) is 85.0 cm³/mol. The van der Waals surface area contributed by atoms with E-state index in [4.69, 9.17) is 5.73 Å². The van der Waals surface area contributed by atoms with Gasteiger partial charge in [0.05, 0.1) is 0 Å². The van der Waals surface area contributed by atoms with Crippen molar-refractivity contribution in [2.24, 2.45) is 11.7 Å². The second-order valence-corrected chi connectivity index (χ2v) is 6.40. The topological polar surface area (TPSA) is 32.5 Å². The molecule has 20 heavy (non-hydrogen) atoms. The minimum Gasteiger partial charge on any atom is -0.371 e. The van der Waals surface area contributed by atoms with Gasteiger partial charge in [0.2, 0.25) is 0 Å². The van der Waals surface area contributed by atoms with Crippen LogP contribution >= 0.6 is 0 Å². The molecule has 0 amide bonds. The molecular weight excluding hydrogens is 246 g/mol. The molecule has 0 aromatic heterocycles. The van der Waals surface area contributed by atoms with Crippen molar-refractivity contribution >= 4 is 5.69 Å². The molecule has 0 spiro atoms. The first-order valence-electron chi connectivity index (χ1n) is 8.03. The zero-order valence-electron chi connectivity index (χ0n) is 12.6. The molecule has 0 saturated carbocycles. The van der Waals surface area contributed by atoms with E-state index in [9.17, 15) is 0 Å². The minimum atomic E-state index is 0.543. The molecule has 2 saturated heterocycles. The average molecular weight is 273 g/mol. The monoisotopic (exact) mass is 273 g/mol. The molecule has 3 heteroatoms. The fourth-order valence-electron chi connectivity index (χ4n) is 3.83. The summed E-state index contributed by atoms with van der Waals surface area (Å²) >= 11 is 0. The van der Waals surface area contributed by atoms with Crippen LogP contribution in [0.25, 0.3) is 0 Å². The normalized spacial score (nSPS) is 28.0. The van der Waals surface area contributed by atoms with Crippen molar-refractivity contribution in [1.82, 2.24) is 4.90 Å². The summed E-state index contributed by atoms with van der Waals surface area (Å²) in [6.45, 7) is 4.38. The molecule has 3 nitrogen and oxygen atoms in total. The summed E-state index contributed by atoms with van der Waals surface area (Å²) in [7, 11) is 2.24. The average Bonchev–Trinajstić information content (AvgIpc) is 2.89. The molecule has 2 heterocycles. The number of anilines is 1. The first kappa shape index (κ1) is 13.9. The van der Waals surface area contributed by atoms with Gasteiger partial charge in [0.15, 0.2) is 0 Å². The van der Waals surface area contributed by atoms with Crippen molar-refractivity contribution in [3.63, 3.8) is 0 Å². The van der Waals surface area contributed by atoms with Gasteiger partial charge < -0.3 is 10.6 Å². The fourth-order valence-corrected chi connectivity index (χ4v) is 3.83. The number of hydrogen-bond acceptors (Lipinski definition) is 3. The SMILES string of the molecule is CN1CC(CN)CC1c1ccccc1N1CCCCC1. The van der Waals surface area contributed by atoms with Crippen LogP contribution < -0.4 is 10.6 Å². The van der Waals surface area contributed by atoms with Crippen molar-refractivity contribution in [3.8, 4) is 0 Å². The third kappa shape index (κ3) is 2.70. The molecule has 2 fully saturated rings. The van der Waals surface area contributed by atoms with Gasteiger partial charge in [-0.2, -0.15) is 0 Å². The number of hydrogen-bond donors (Lipinski definition) is 1. The minimum absolute atomic E-state index is 0.543. The van der Waals surface area contributed by atoms with Gasteiger partial charge in [0.25, 0.3) is 0 Å². The molecule has 0 bridgehead atoms. The van der Waals surface area contributed by atoms with E-state index < -0.39 is 0 Å². The lowest BCUT2D eigenvalue weighted by Gasteiger charge is -2.33. The summed E-state index contributed by atoms with van der Waals surface area (Å²) in [5.74, 6) is 0.652. The Morgan fingerprint density at radius 3 is 2.60 bits per heavy atom. The van der Waals surface area contributed by atoms with Crippen LogP contribution in [0.5, 0.6) is 0 Å². The van der Waals surface area contributed by atoms with Crippen LogP contribution in [0.2, 0.25) is 0 Å². The van der Waals surface area contributed by atoms with Crippen LogP contribution in [0, 0.1) is 5.92 Å². The molecule has 0 aliphatic carbocycles. The molecule has 2 atom stereocenters. The molecule has 2 aliphatic rings. The number of nitrogens with two attached hydrogens (primary N) is 1. The third-order valence-electron chi connectivity index (χ3n) is 4.96. The van der Waals surface area contributed by atoms with E-state index in [1.807, 2.05) is 0 Å². The Morgan fingerprint density at radius 1 is 1.15 bits per heavy atom. The Morgan fingerprint density at radius 2 is 1.90 bits per heavy atom. The van der Waals surface area contributed by atoms with Gasteiger partial charge in [-0.05, 0) is 56.8 Å². The van der Waals surface area contributed by atoms with E-state index in [0.717, 1.165) is 13.1 Å². The maximum Gasteiger partial charge on any atom is 0.0414 e. The summed E-state index contributed by atoms with van der Waals surface area (Å²) in [6, 6.07) is 9.55. The lowest BCUT2D eigenvalue weighted by Crippen LogP contribution is -2.31. The number of rotatable bonds is 3. The van der Waals surface area contributed by atoms with Crippen molar-refractivity contribution in [2.75, 3.05) is 38.1 Å². The summed E-state index contributed by atoms with van der Waals surface area (Å²) in [5.41, 5.74) is 8.85. The van der Waals surface area contributed by atoms with E-state index in [-0.39, 0.29) is 0 Å². The highest BCUT2D eigenvalue weighted by Crippen LogP contribution is 2.38. The quantitative estimate of drug-likeness (QED) is 0.919. The Kier molecular flexibility index (Phi) is 4.27. The number of benzene rings is 1. The van der Waals surface area contributed by atoms with Crippen LogP contribution in [-0.2, 0) is 0 Å². The van der Waals surface area contributed by atoms with Crippen LogP contribution in [0.15, 0.2) is 24.3 Å². The van der Waals surface area contributed by atoms with Gasteiger partial charge in [0.1, 0.15) is 0 Å². The smallest absolute Gasteiger partial charge is 0.0414 e. The Hall–Kier alpha value is -1.06. The summed E-state index contributed by atoms with van der Waals surface area (Å²) < 4.78 is 0. The van der Waals surface area contributed by atoms with Gasteiger partial charge >= 0.3 is 0 Å². The van der Waals surface area contributed by atoms with E-state index >= 15 is 0 Å². The van der Waals surface area contributed by atoms with Gasteiger partial charge in [-0.1, -0.05) is 18.2 Å². The van der Waals surface area contributed by atoms with Gasteiger partial charge in [-0.25, -0.2) is 0 Å². The van der Waals surface area contributed by atoms with Crippen LogP contribution in [0.3, 0.4) is 0 Å². The van der Waals surface area contributed by atoms with Crippen molar-refractivity contribution in [2.45, 2.75) is 31.7 Å². The predicted octanol–water partition coefficient (Wildman–Crippen LogP) is 2.63. The lowest BCUT2D eigenvalue weighted by atomic mass is 9.97. The maximum absolute atomic E-state index is 5.88. The molecule has 0 radical (unpaired) electrons. The van der Waals surface area contributed by atoms with E-state index in [1.54, 1.807) is 0 Å². The highest BCUT2D eigenvalue weighted by molar-refractivity contribution is 5.55. The van der Waals surface area contributed by atoms with E-state index in [1.165, 1.54) is 50.0 Å². The standard InChI is InChI=1S/C17H27N3/c1-19-13-14(12-18)11-17(19)15-7-3-4-8-16(15)20-9-5-2-6-10-20/h3-4,7-8,14,17H,2,5-6,9-13,18H2,1H3. The first-order chi connectivity index (χ1) is 9.79. The van der Waals surface area contributed by atoms with Crippen LogP contribution in [0.1, 0.15) is 37.3 Å². The largest absolute Gasteiger partial charge is 0.371 e. The van der Waals surface area contributed by atoms with Crippen LogP contribution in [-0.4, -0.2) is 38.1 Å². The highest BCUT2D eigenvalue weighted by Gasteiger charge is 2.31. The number of para-hydroxylation sites is 1. The molecule has 2 unspecified atom stereocenters. The van der Waals surface area contributed by atoms with Crippen molar-refractivity contribution in [3.05, 3.63) is 29.8 Å². The summed E-state index contributed by atoms with van der Waals surface area (Å²) in [4.78, 5) is 5.07. The molecule has 1 aromatic carbocycles. The molecule has 2 N–H and O–H groups in total. The lowest BCUT2D eigenvalue weighted by molar-refractivity contribution is 0.313. The van der Waals surface area contributed by atoms with E-state index in [0.29, 0.717) is 12.0 Å². The molecule has 110 valence electrons. The van der Waals surface area contributed by atoms with Crippen LogP contribution in [0.4, 0.5) is 5.69 Å². The van der Waals surface area contributed by atoms with E-state index in [2.05, 4.69) is 41.1 Å². The Labute approximate surface area is 122 Å². The maximum atomic E-state index is 5.88. The molecule has 2 aliphatic heterocycles. The van der Waals surface area contributed by atoms with Crippen molar-refractivity contribution in [1.29, 1.82) is 0 Å². The highest BCUT2D eigenvalue weighted by atomic mass is 15.2. The van der Waals surface area contributed by atoms with Gasteiger partial charge in [-0.15, -0.1) is 0 Å². The number of likely N-dealkylation sites (tertiary alicyclic amines) is 1. The summed E-state index contributed by atoms with van der Waals surface area (Å²) in [5, 5.41) is 0. The zero-order chi connectivity index (χ0) is 13.9. The Balaban J connectivity index is 1.85. The number of nitrogens with zero attached hydrogens (tertiary/aromatic N) is 2. The second kappa shape index (κ2) is 6.15. The third-order valence-corrected chi connectivity index (χ3v) is 4.96. The van der Waals surface area contributed by atoms with Gasteiger partial charge in [0, 0.05) is 31.4 Å². The Bertz CT molecular complexity index is 440. The second-order valence-electron chi connectivity index (χ2n) is 6.40.